The lowest BCUT2D eigenvalue weighted by Gasteiger charge is -2.07. The standard InChI is InChI=1S/C12H10ClFN2O2/c1-2-7-6-9(12(17)18)15-16(7)10-5-3-4-8(13)11(10)14/h3-6H,2H2,1H3,(H,17,18). The summed E-state index contributed by atoms with van der Waals surface area (Å²) >= 11 is 5.70. The van der Waals surface area contributed by atoms with Crippen LogP contribution in [0.4, 0.5) is 4.39 Å². The van der Waals surface area contributed by atoms with Gasteiger partial charge in [-0.05, 0) is 24.6 Å². The zero-order chi connectivity index (χ0) is 13.3. The van der Waals surface area contributed by atoms with Gasteiger partial charge in [0, 0.05) is 5.69 Å². The van der Waals surface area contributed by atoms with Gasteiger partial charge >= 0.3 is 5.97 Å². The summed E-state index contributed by atoms with van der Waals surface area (Å²) in [5.74, 6) is -1.76. The number of benzene rings is 1. The predicted octanol–water partition coefficient (Wildman–Crippen LogP) is 2.93. The average Bonchev–Trinajstić information content (AvgIpc) is 2.76. The van der Waals surface area contributed by atoms with Crippen LogP contribution in [0.15, 0.2) is 24.3 Å². The van der Waals surface area contributed by atoms with E-state index in [1.54, 1.807) is 6.07 Å². The van der Waals surface area contributed by atoms with Crippen molar-refractivity contribution in [3.63, 3.8) is 0 Å². The number of carboxylic acid groups (broad SMARTS) is 1. The molecule has 0 bridgehead atoms. The summed E-state index contributed by atoms with van der Waals surface area (Å²) in [4.78, 5) is 10.9. The molecule has 2 aromatic rings. The second-order valence-electron chi connectivity index (χ2n) is 3.66. The third-order valence-electron chi connectivity index (χ3n) is 2.52. The molecule has 0 saturated carbocycles. The molecule has 0 unspecified atom stereocenters. The number of carbonyl (C=O) groups is 1. The predicted molar refractivity (Wildman–Crippen MR) is 64.9 cm³/mol. The molecule has 6 heteroatoms. The number of carboxylic acids is 1. The third-order valence-corrected chi connectivity index (χ3v) is 2.82. The monoisotopic (exact) mass is 268 g/mol. The van der Waals surface area contributed by atoms with E-state index in [4.69, 9.17) is 16.7 Å². The number of aromatic nitrogens is 2. The van der Waals surface area contributed by atoms with Gasteiger partial charge in [0.05, 0.1) is 5.02 Å². The molecule has 0 atom stereocenters. The van der Waals surface area contributed by atoms with Gasteiger partial charge in [-0.25, -0.2) is 13.9 Å². The van der Waals surface area contributed by atoms with Gasteiger partial charge in [0.1, 0.15) is 5.69 Å². The Kier molecular flexibility index (Phi) is 3.34. The first-order chi connectivity index (χ1) is 8.54. The Morgan fingerprint density at radius 1 is 1.56 bits per heavy atom. The van der Waals surface area contributed by atoms with Gasteiger partial charge < -0.3 is 5.11 Å². The molecule has 0 amide bonds. The zero-order valence-electron chi connectivity index (χ0n) is 9.52. The number of hydrogen-bond donors (Lipinski definition) is 1. The summed E-state index contributed by atoms with van der Waals surface area (Å²) in [5.41, 5.74) is 0.631. The molecule has 1 aromatic heterocycles. The van der Waals surface area contributed by atoms with E-state index in [-0.39, 0.29) is 16.4 Å². The van der Waals surface area contributed by atoms with Crippen molar-refractivity contribution in [3.8, 4) is 5.69 Å². The van der Waals surface area contributed by atoms with Gasteiger partial charge in [-0.1, -0.05) is 24.6 Å². The van der Waals surface area contributed by atoms with Gasteiger partial charge in [0.25, 0.3) is 0 Å². The van der Waals surface area contributed by atoms with E-state index in [1.165, 1.54) is 22.9 Å². The van der Waals surface area contributed by atoms with E-state index in [2.05, 4.69) is 5.10 Å². The van der Waals surface area contributed by atoms with E-state index < -0.39 is 11.8 Å². The highest BCUT2D eigenvalue weighted by Crippen LogP contribution is 2.22. The van der Waals surface area contributed by atoms with E-state index in [0.29, 0.717) is 12.1 Å². The maximum atomic E-state index is 13.9. The van der Waals surface area contributed by atoms with Crippen molar-refractivity contribution < 1.29 is 14.3 Å². The first-order valence-corrected chi connectivity index (χ1v) is 5.69. The number of aryl methyl sites for hydroxylation is 1. The topological polar surface area (TPSA) is 55.1 Å². The number of nitrogens with zero attached hydrogens (tertiary/aromatic N) is 2. The van der Waals surface area contributed by atoms with Gasteiger partial charge in [-0.3, -0.25) is 0 Å². The molecular formula is C12H10ClFN2O2. The fourth-order valence-corrected chi connectivity index (χ4v) is 1.81. The van der Waals surface area contributed by atoms with Crippen molar-refractivity contribution in [2.45, 2.75) is 13.3 Å². The Morgan fingerprint density at radius 2 is 2.28 bits per heavy atom. The molecular weight excluding hydrogens is 259 g/mol. The Morgan fingerprint density at radius 3 is 2.89 bits per heavy atom. The van der Waals surface area contributed by atoms with Crippen LogP contribution in [0.2, 0.25) is 5.02 Å². The van der Waals surface area contributed by atoms with E-state index in [0.717, 1.165) is 0 Å². The van der Waals surface area contributed by atoms with Crippen LogP contribution in [0.3, 0.4) is 0 Å². The van der Waals surface area contributed by atoms with Crippen LogP contribution in [-0.4, -0.2) is 20.9 Å². The highest BCUT2D eigenvalue weighted by atomic mass is 35.5. The van der Waals surface area contributed by atoms with E-state index >= 15 is 0 Å². The summed E-state index contributed by atoms with van der Waals surface area (Å²) in [6, 6.07) is 5.93. The summed E-state index contributed by atoms with van der Waals surface area (Å²) in [5, 5.41) is 12.7. The number of rotatable bonds is 3. The van der Waals surface area contributed by atoms with Crippen LogP contribution in [0.25, 0.3) is 5.69 Å². The summed E-state index contributed by atoms with van der Waals surface area (Å²) < 4.78 is 15.1. The van der Waals surface area contributed by atoms with Crippen molar-refractivity contribution in [1.29, 1.82) is 0 Å². The van der Waals surface area contributed by atoms with Crippen LogP contribution in [-0.2, 0) is 6.42 Å². The lowest BCUT2D eigenvalue weighted by Crippen LogP contribution is -2.05. The SMILES string of the molecule is CCc1cc(C(=O)O)nn1-c1cccc(Cl)c1F. The maximum Gasteiger partial charge on any atom is 0.356 e. The van der Waals surface area contributed by atoms with E-state index in [1.807, 2.05) is 6.92 Å². The molecule has 0 radical (unpaired) electrons. The molecule has 0 aliphatic rings. The normalized spacial score (nSPS) is 10.6. The number of hydrogen-bond acceptors (Lipinski definition) is 2. The average molecular weight is 269 g/mol. The van der Waals surface area contributed by atoms with Crippen molar-refractivity contribution in [1.82, 2.24) is 9.78 Å². The molecule has 0 spiro atoms. The van der Waals surface area contributed by atoms with Crippen LogP contribution in [0, 0.1) is 5.82 Å². The molecule has 0 fully saturated rings. The maximum absolute atomic E-state index is 13.9. The third kappa shape index (κ3) is 2.09. The number of aromatic carboxylic acids is 1. The highest BCUT2D eigenvalue weighted by Gasteiger charge is 2.16. The Labute approximate surface area is 108 Å². The summed E-state index contributed by atoms with van der Waals surface area (Å²) in [6.07, 6.45) is 0.534. The van der Waals surface area contributed by atoms with Gasteiger partial charge in [0.2, 0.25) is 0 Å². The van der Waals surface area contributed by atoms with Crippen molar-refractivity contribution >= 4 is 17.6 Å². The lowest BCUT2D eigenvalue weighted by atomic mass is 10.2. The van der Waals surface area contributed by atoms with Crippen LogP contribution < -0.4 is 0 Å². The first-order valence-electron chi connectivity index (χ1n) is 5.31. The molecule has 0 aliphatic carbocycles. The molecule has 1 aromatic carbocycles. The molecule has 94 valence electrons. The van der Waals surface area contributed by atoms with Crippen molar-refractivity contribution in [3.05, 3.63) is 46.5 Å². The minimum absolute atomic E-state index is 0.0260. The molecule has 2 rings (SSSR count). The van der Waals surface area contributed by atoms with Crippen molar-refractivity contribution in [2.24, 2.45) is 0 Å². The van der Waals surface area contributed by atoms with Gasteiger partial charge in [0.15, 0.2) is 11.5 Å². The smallest absolute Gasteiger partial charge is 0.356 e. The Hall–Kier alpha value is -1.88. The quantitative estimate of drug-likeness (QED) is 0.931. The fourth-order valence-electron chi connectivity index (χ4n) is 1.64. The number of halogens is 2. The van der Waals surface area contributed by atoms with Gasteiger partial charge in [-0.2, -0.15) is 5.10 Å². The first kappa shape index (κ1) is 12.6. The Balaban J connectivity index is 2.63. The molecule has 1 N–H and O–H groups in total. The van der Waals surface area contributed by atoms with Gasteiger partial charge in [-0.15, -0.1) is 0 Å². The molecule has 4 nitrogen and oxygen atoms in total. The molecule has 1 heterocycles. The molecule has 0 aliphatic heterocycles. The highest BCUT2D eigenvalue weighted by molar-refractivity contribution is 6.30. The fraction of sp³-hybridized carbons (Fsp3) is 0.167. The van der Waals surface area contributed by atoms with Crippen LogP contribution >= 0.6 is 11.6 Å². The zero-order valence-corrected chi connectivity index (χ0v) is 10.3. The minimum atomic E-state index is -1.15. The minimum Gasteiger partial charge on any atom is -0.476 e. The molecule has 0 saturated heterocycles. The second kappa shape index (κ2) is 4.78. The van der Waals surface area contributed by atoms with Crippen LogP contribution in [0.5, 0.6) is 0 Å². The summed E-state index contributed by atoms with van der Waals surface area (Å²) in [6.45, 7) is 1.83. The Bertz CT molecular complexity index is 610. The van der Waals surface area contributed by atoms with Crippen molar-refractivity contribution in [2.75, 3.05) is 0 Å². The second-order valence-corrected chi connectivity index (χ2v) is 4.07. The largest absolute Gasteiger partial charge is 0.476 e. The summed E-state index contributed by atoms with van der Waals surface area (Å²) in [7, 11) is 0. The lowest BCUT2D eigenvalue weighted by molar-refractivity contribution is 0.0690. The van der Waals surface area contributed by atoms with Crippen LogP contribution in [0.1, 0.15) is 23.1 Å². The van der Waals surface area contributed by atoms with E-state index in [9.17, 15) is 9.18 Å². The molecule has 18 heavy (non-hydrogen) atoms.